The molecule has 14 heteroatoms. The first-order chi connectivity index (χ1) is 27.9. The van der Waals surface area contributed by atoms with Crippen molar-refractivity contribution in [2.75, 3.05) is 32.9 Å². The van der Waals surface area contributed by atoms with E-state index < -0.39 is 54.4 Å². The number of ether oxygens (including phenoxy) is 4. The number of carbonyl (C=O) groups is 1. The fraction of sp³-hybridized carbons (Fsp3) is 0.545. The van der Waals surface area contributed by atoms with Crippen LogP contribution in [0.1, 0.15) is 87.0 Å². The Balaban J connectivity index is 1.21. The Bertz CT molecular complexity index is 1950. The van der Waals surface area contributed by atoms with Crippen molar-refractivity contribution in [3.8, 4) is 28.7 Å². The summed E-state index contributed by atoms with van der Waals surface area (Å²) in [5.41, 5.74) is 7.37. The monoisotopic (exact) mass is 803 g/mol. The Morgan fingerprint density at radius 1 is 1.00 bits per heavy atom. The summed E-state index contributed by atoms with van der Waals surface area (Å²) in [6, 6.07) is 11.6. The highest BCUT2D eigenvalue weighted by Gasteiger charge is 2.68. The van der Waals surface area contributed by atoms with Crippen molar-refractivity contribution in [3.63, 3.8) is 0 Å². The maximum atomic E-state index is 13.3. The summed E-state index contributed by atoms with van der Waals surface area (Å²) in [5.74, 6) is -2.04. The van der Waals surface area contributed by atoms with Crippen LogP contribution in [0.15, 0.2) is 60.8 Å². The van der Waals surface area contributed by atoms with Gasteiger partial charge in [0.25, 0.3) is 0 Å². The van der Waals surface area contributed by atoms with E-state index in [-0.39, 0.29) is 65.8 Å². The number of carboxylic acid groups (broad SMARTS) is 1. The number of allylic oxidation sites excluding steroid dienone is 1. The highest BCUT2D eigenvalue weighted by Crippen LogP contribution is 2.69. The summed E-state index contributed by atoms with van der Waals surface area (Å²) in [7, 11) is 1.44. The topological polar surface area (TPSA) is 226 Å². The molecule has 3 heterocycles. The van der Waals surface area contributed by atoms with Crippen LogP contribution in [0.2, 0.25) is 0 Å². The van der Waals surface area contributed by atoms with Gasteiger partial charge < -0.3 is 60.6 Å². The molecule has 3 aromatic rings. The van der Waals surface area contributed by atoms with Gasteiger partial charge in [0.2, 0.25) is 5.75 Å². The zero-order valence-corrected chi connectivity index (χ0v) is 33.1. The molecule has 2 aromatic carbocycles. The van der Waals surface area contributed by atoms with E-state index in [4.69, 9.17) is 24.7 Å². The second-order valence-electron chi connectivity index (χ2n) is 16.6. The largest absolute Gasteiger partial charge is 0.504 e. The van der Waals surface area contributed by atoms with Crippen molar-refractivity contribution in [1.82, 2.24) is 10.3 Å². The molecule has 314 valence electrons. The van der Waals surface area contributed by atoms with Crippen LogP contribution >= 0.6 is 0 Å². The minimum atomic E-state index is -0.901. The van der Waals surface area contributed by atoms with E-state index in [0.717, 1.165) is 43.2 Å². The molecule has 0 unspecified atom stereocenters. The van der Waals surface area contributed by atoms with E-state index in [9.17, 15) is 35.4 Å². The van der Waals surface area contributed by atoms with Gasteiger partial charge in [-0.3, -0.25) is 4.79 Å². The summed E-state index contributed by atoms with van der Waals surface area (Å²) < 4.78 is 24.1. The van der Waals surface area contributed by atoms with Crippen LogP contribution in [-0.2, 0) is 16.0 Å². The molecular weight excluding hydrogens is 746 g/mol. The molecule has 0 amide bonds. The number of aryl methyl sites for hydroxylation is 1. The van der Waals surface area contributed by atoms with Crippen molar-refractivity contribution in [1.29, 1.82) is 0 Å². The second kappa shape index (κ2) is 17.3. The van der Waals surface area contributed by atoms with Gasteiger partial charge in [-0.2, -0.15) is 0 Å². The summed E-state index contributed by atoms with van der Waals surface area (Å²) in [6.45, 7) is 1.40. The summed E-state index contributed by atoms with van der Waals surface area (Å²) in [6.07, 6.45) is 9.80. The predicted molar refractivity (Wildman–Crippen MR) is 214 cm³/mol. The number of nitrogens with zero attached hydrogens (tertiary/aromatic N) is 1. The fourth-order valence-corrected chi connectivity index (χ4v) is 11.2. The third-order valence-electron chi connectivity index (χ3n) is 13.4. The molecule has 3 fully saturated rings. The minimum Gasteiger partial charge on any atom is -0.504 e. The zero-order chi connectivity index (χ0) is 41.2. The number of aromatic hydroxyl groups is 2. The number of aliphatic carboxylic acids is 1. The quantitative estimate of drug-likeness (QED) is 0.0797. The number of nitrogen functional groups attached to an aromatic ring is 1. The molecule has 1 aromatic heterocycles. The Hall–Kier alpha value is -4.60. The maximum absolute atomic E-state index is 13.3. The predicted octanol–water partition coefficient (Wildman–Crippen LogP) is 4.96. The molecule has 14 nitrogen and oxygen atoms in total. The average molecular weight is 804 g/mol. The normalized spacial score (nSPS) is 30.2. The summed E-state index contributed by atoms with van der Waals surface area (Å²) in [4.78, 5) is 17.6. The number of rotatable bonds is 14. The van der Waals surface area contributed by atoms with Crippen LogP contribution in [0.25, 0.3) is 0 Å². The lowest BCUT2D eigenvalue weighted by molar-refractivity contribution is -0.158. The van der Waals surface area contributed by atoms with Gasteiger partial charge in [0.05, 0.1) is 31.3 Å². The zero-order valence-electron chi connectivity index (χ0n) is 33.1. The molecule has 0 bridgehead atoms. The molecule has 2 spiro atoms. The number of anilines is 1. The minimum absolute atomic E-state index is 0.0280. The number of piperidine rings is 1. The molecule has 2 aliphatic carbocycles. The fourth-order valence-electron chi connectivity index (χ4n) is 11.2. The number of fused-ring (bicyclic) bond motifs is 1. The third-order valence-corrected chi connectivity index (χ3v) is 13.4. The molecule has 4 aliphatic rings. The molecule has 2 saturated heterocycles. The van der Waals surface area contributed by atoms with Gasteiger partial charge in [0.15, 0.2) is 29.8 Å². The summed E-state index contributed by atoms with van der Waals surface area (Å²) >= 11 is 0. The number of aromatic nitrogens is 1. The Morgan fingerprint density at radius 3 is 2.48 bits per heavy atom. The number of pyridine rings is 1. The molecule has 7 rings (SSSR count). The van der Waals surface area contributed by atoms with Crippen LogP contribution < -0.4 is 25.3 Å². The molecule has 9 atom stereocenters. The molecular formula is C44H57N3O11. The number of benzene rings is 2. The Labute approximate surface area is 338 Å². The Morgan fingerprint density at radius 2 is 1.78 bits per heavy atom. The number of nitrogens with two attached hydrogens (primary N) is 1. The smallest absolute Gasteiger partial charge is 0.311 e. The molecule has 58 heavy (non-hydrogen) atoms. The van der Waals surface area contributed by atoms with Crippen molar-refractivity contribution < 1.29 is 54.4 Å². The summed E-state index contributed by atoms with van der Waals surface area (Å²) in [5, 5.41) is 67.0. The van der Waals surface area contributed by atoms with Crippen LogP contribution in [0.5, 0.6) is 28.7 Å². The number of carboxylic acids is 1. The van der Waals surface area contributed by atoms with Crippen LogP contribution in [0.4, 0.5) is 5.82 Å². The van der Waals surface area contributed by atoms with E-state index in [2.05, 4.69) is 17.2 Å². The van der Waals surface area contributed by atoms with Gasteiger partial charge in [-0.05, 0) is 110 Å². The maximum Gasteiger partial charge on any atom is 0.311 e. The van der Waals surface area contributed by atoms with Crippen molar-refractivity contribution in [3.05, 3.63) is 77.5 Å². The lowest BCUT2D eigenvalue weighted by atomic mass is 9.46. The van der Waals surface area contributed by atoms with Gasteiger partial charge in [-0.15, -0.1) is 0 Å². The first-order valence-corrected chi connectivity index (χ1v) is 20.4. The van der Waals surface area contributed by atoms with Gasteiger partial charge in [-0.25, -0.2) is 4.98 Å². The van der Waals surface area contributed by atoms with Crippen molar-refractivity contribution in [2.24, 2.45) is 22.7 Å². The number of hydrogen-bond donors (Lipinski definition) is 8. The van der Waals surface area contributed by atoms with E-state index in [1.807, 2.05) is 24.3 Å². The second-order valence-corrected chi connectivity index (χ2v) is 16.6. The SMILES string of the molecule is COc1cc([C@H]2O[C@@H](CCc3ccc(O)c(OCO)c3)C[C@H](O)[C@H]2CCO)cc(OC[C@@H]2N[C@H](C)CC3(CCCC3)[C@]23[C@@H](C(=O)O)C=C[C@@H]3c2ccnc(N)c2)c1O. The van der Waals surface area contributed by atoms with E-state index in [1.165, 1.54) is 13.2 Å². The van der Waals surface area contributed by atoms with Crippen LogP contribution in [0.3, 0.4) is 0 Å². The molecule has 1 saturated carbocycles. The number of aliphatic hydroxyl groups excluding tert-OH is 3. The highest BCUT2D eigenvalue weighted by molar-refractivity contribution is 5.76. The number of hydrogen-bond acceptors (Lipinski definition) is 13. The Kier molecular flexibility index (Phi) is 12.4. The van der Waals surface area contributed by atoms with E-state index >= 15 is 0 Å². The van der Waals surface area contributed by atoms with Gasteiger partial charge in [0, 0.05) is 42.1 Å². The van der Waals surface area contributed by atoms with Gasteiger partial charge in [0.1, 0.15) is 12.4 Å². The number of methoxy groups -OCH3 is 1. The van der Waals surface area contributed by atoms with Crippen LogP contribution in [-0.4, -0.2) is 93.0 Å². The number of aliphatic hydroxyl groups is 3. The molecule has 2 aliphatic heterocycles. The first-order valence-electron chi connectivity index (χ1n) is 20.4. The van der Waals surface area contributed by atoms with Gasteiger partial charge in [-0.1, -0.05) is 31.1 Å². The van der Waals surface area contributed by atoms with Crippen molar-refractivity contribution >= 4 is 11.8 Å². The number of nitrogens with one attached hydrogen (secondary N) is 1. The van der Waals surface area contributed by atoms with E-state index in [0.29, 0.717) is 30.6 Å². The third kappa shape index (κ3) is 7.68. The van der Waals surface area contributed by atoms with Crippen molar-refractivity contribution in [2.45, 2.75) is 101 Å². The number of phenols is 2. The number of phenolic OH excluding ortho intramolecular Hbond substituents is 2. The van der Waals surface area contributed by atoms with E-state index in [1.54, 1.807) is 30.5 Å². The van der Waals surface area contributed by atoms with Crippen LogP contribution in [0, 0.1) is 22.7 Å². The first kappa shape index (κ1) is 41.6. The molecule has 9 N–H and O–H groups in total. The standard InChI is InChI=1S/C44H57N3O11/c1-25-22-43(13-3-4-14-43)44(31(8-9-32(44)42(53)54)27-11-15-46-39(45)20-27)38(47-25)23-56-37-19-28(18-36(55-2)40(37)52)41-30(12-16-48)34(51)21-29(58-41)7-5-26-6-10-33(50)35(17-26)57-24-49/h6,8-11,15,17-20,25,29-32,34,38,41,47-52H,3-5,7,12-14,16,21-24H2,1-2H3,(H2,45,46)(H,53,54)/t25-,29+,30-,31-,32-,34+,38+,41-,44-/m1/s1. The highest BCUT2D eigenvalue weighted by atomic mass is 16.6. The lowest BCUT2D eigenvalue weighted by Gasteiger charge is -2.61. The lowest BCUT2D eigenvalue weighted by Crippen LogP contribution is -2.68. The average Bonchev–Trinajstić information content (AvgIpc) is 3.84. The molecule has 0 radical (unpaired) electrons. The van der Waals surface area contributed by atoms with Gasteiger partial charge >= 0.3 is 5.97 Å².